The molecule has 4 rings (SSSR count). The van der Waals surface area contributed by atoms with Gasteiger partial charge in [0.05, 0.1) is 28.5 Å². The average Bonchev–Trinajstić information content (AvgIpc) is 3.33. The lowest BCUT2D eigenvalue weighted by molar-refractivity contribution is -0.384. The van der Waals surface area contributed by atoms with Gasteiger partial charge in [-0.15, -0.1) is 10.2 Å². The minimum absolute atomic E-state index is 0.0562. The van der Waals surface area contributed by atoms with Crippen LogP contribution >= 0.6 is 23.4 Å². The van der Waals surface area contributed by atoms with Gasteiger partial charge in [0.2, 0.25) is 0 Å². The van der Waals surface area contributed by atoms with E-state index in [1.165, 1.54) is 28.8 Å². The summed E-state index contributed by atoms with van der Waals surface area (Å²) in [6, 6.07) is 16.4. The maximum Gasteiger partial charge on any atom is 0.416 e. The van der Waals surface area contributed by atoms with Crippen molar-refractivity contribution in [3.8, 4) is 5.69 Å². The molecule has 4 aromatic rings. The maximum atomic E-state index is 13.4. The summed E-state index contributed by atoms with van der Waals surface area (Å²) < 4.78 is 41.5. The van der Waals surface area contributed by atoms with Gasteiger partial charge in [-0.25, -0.2) is 0 Å². The summed E-state index contributed by atoms with van der Waals surface area (Å²) in [7, 11) is 0. The first-order valence-corrected chi connectivity index (χ1v) is 12.5. The second-order valence-corrected chi connectivity index (χ2v) is 9.32. The number of nitro benzene ring substituents is 1. The predicted octanol–water partition coefficient (Wildman–Crippen LogP) is 5.75. The molecule has 0 spiro atoms. The Morgan fingerprint density at radius 1 is 1.00 bits per heavy atom. The quantitative estimate of drug-likeness (QED) is 0.117. The van der Waals surface area contributed by atoms with Crippen LogP contribution in [0.2, 0.25) is 5.02 Å². The third-order valence-corrected chi connectivity index (χ3v) is 6.62. The lowest BCUT2D eigenvalue weighted by atomic mass is 10.2. The summed E-state index contributed by atoms with van der Waals surface area (Å²) >= 11 is 6.77. The molecule has 1 aromatic heterocycles. The number of hydrogen-bond donors (Lipinski definition) is 1. The van der Waals surface area contributed by atoms with E-state index in [1.54, 1.807) is 30.3 Å². The molecule has 39 heavy (non-hydrogen) atoms. The number of Topliss-reactive ketones (excluding diaryl/α,β-unsaturated/α-hetero) is 1. The van der Waals surface area contributed by atoms with E-state index < -0.39 is 28.3 Å². The molecule has 0 bridgehead atoms. The number of ketones is 1. The third-order valence-electron chi connectivity index (χ3n) is 5.37. The lowest BCUT2D eigenvalue weighted by Crippen LogP contribution is -2.25. The van der Waals surface area contributed by atoms with Crippen LogP contribution in [0.25, 0.3) is 5.69 Å². The molecule has 0 fully saturated rings. The molecule has 0 aliphatic rings. The number of nitrogens with zero attached hydrogens (tertiary/aromatic N) is 4. The van der Waals surface area contributed by atoms with E-state index in [4.69, 9.17) is 11.6 Å². The van der Waals surface area contributed by atoms with Crippen molar-refractivity contribution in [2.75, 3.05) is 5.75 Å². The Morgan fingerprint density at radius 2 is 1.74 bits per heavy atom. The zero-order chi connectivity index (χ0) is 28.2. The fourth-order valence-corrected chi connectivity index (χ4v) is 4.53. The van der Waals surface area contributed by atoms with Gasteiger partial charge in [-0.3, -0.25) is 24.3 Å². The summed E-state index contributed by atoms with van der Waals surface area (Å²) in [6.07, 6.45) is -4.61. The first-order valence-electron chi connectivity index (χ1n) is 11.1. The average molecular weight is 576 g/mol. The van der Waals surface area contributed by atoms with E-state index in [-0.39, 0.29) is 45.3 Å². The van der Waals surface area contributed by atoms with Crippen LogP contribution in [0.3, 0.4) is 0 Å². The molecule has 3 aromatic carbocycles. The van der Waals surface area contributed by atoms with Gasteiger partial charge in [-0.1, -0.05) is 59.8 Å². The zero-order valence-electron chi connectivity index (χ0n) is 19.7. The number of carbonyl (C=O) groups is 2. The van der Waals surface area contributed by atoms with Crippen molar-refractivity contribution in [1.29, 1.82) is 0 Å². The molecular formula is C25H17ClF3N5O4S. The minimum atomic E-state index is -4.61. The fraction of sp³-hybridized carbons (Fsp3) is 0.120. The number of thioether (sulfide) groups is 1. The van der Waals surface area contributed by atoms with Gasteiger partial charge in [-0.05, 0) is 30.3 Å². The van der Waals surface area contributed by atoms with E-state index in [0.717, 1.165) is 30.0 Å². The van der Waals surface area contributed by atoms with Crippen LogP contribution in [0.4, 0.5) is 18.9 Å². The molecule has 0 radical (unpaired) electrons. The summed E-state index contributed by atoms with van der Waals surface area (Å²) in [5, 5.41) is 21.7. The van der Waals surface area contributed by atoms with Gasteiger partial charge in [-0.2, -0.15) is 13.2 Å². The topological polar surface area (TPSA) is 120 Å². The molecular weight excluding hydrogens is 559 g/mol. The van der Waals surface area contributed by atoms with Crippen LogP contribution in [0.1, 0.15) is 32.1 Å². The van der Waals surface area contributed by atoms with Crippen molar-refractivity contribution in [2.45, 2.75) is 17.9 Å². The normalized spacial score (nSPS) is 11.3. The molecule has 1 heterocycles. The number of hydrogen-bond acceptors (Lipinski definition) is 7. The van der Waals surface area contributed by atoms with Crippen molar-refractivity contribution < 1.29 is 27.7 Å². The van der Waals surface area contributed by atoms with Crippen molar-refractivity contribution in [2.24, 2.45) is 0 Å². The molecule has 0 aliphatic carbocycles. The number of alkyl halides is 3. The molecule has 0 atom stereocenters. The van der Waals surface area contributed by atoms with Gasteiger partial charge in [0, 0.05) is 17.2 Å². The molecule has 0 unspecified atom stereocenters. The second kappa shape index (κ2) is 11.7. The van der Waals surface area contributed by atoms with E-state index in [2.05, 4.69) is 15.5 Å². The minimum Gasteiger partial charge on any atom is -0.345 e. The van der Waals surface area contributed by atoms with Crippen LogP contribution in [0.5, 0.6) is 0 Å². The molecule has 14 heteroatoms. The maximum absolute atomic E-state index is 13.4. The number of halogens is 4. The SMILES string of the molecule is O=C(CSc1nnc(CNC(=O)c2ccc(Cl)c([N+](=O)[O-])c2)n1-c1cccc(C(F)(F)F)c1)c1ccccc1. The number of amides is 1. The van der Waals surface area contributed by atoms with Crippen LogP contribution in [0.15, 0.2) is 78.0 Å². The molecule has 0 saturated heterocycles. The van der Waals surface area contributed by atoms with Crippen molar-refractivity contribution in [3.05, 3.63) is 110 Å². The number of rotatable bonds is 9. The highest BCUT2D eigenvalue weighted by atomic mass is 35.5. The van der Waals surface area contributed by atoms with E-state index in [0.29, 0.717) is 5.56 Å². The Kier molecular flexibility index (Phi) is 8.31. The van der Waals surface area contributed by atoms with Crippen LogP contribution in [-0.2, 0) is 12.7 Å². The van der Waals surface area contributed by atoms with E-state index in [9.17, 15) is 32.9 Å². The van der Waals surface area contributed by atoms with Gasteiger partial charge in [0.25, 0.3) is 11.6 Å². The molecule has 0 saturated carbocycles. The number of benzene rings is 3. The van der Waals surface area contributed by atoms with Gasteiger partial charge in [0.1, 0.15) is 5.02 Å². The van der Waals surface area contributed by atoms with Gasteiger partial charge < -0.3 is 5.32 Å². The molecule has 0 aliphatic heterocycles. The van der Waals surface area contributed by atoms with Crippen molar-refractivity contribution >= 4 is 40.7 Å². The monoisotopic (exact) mass is 575 g/mol. The Balaban J connectivity index is 1.62. The Labute approximate surface area is 228 Å². The van der Waals surface area contributed by atoms with Crippen molar-refractivity contribution in [3.63, 3.8) is 0 Å². The highest BCUT2D eigenvalue weighted by molar-refractivity contribution is 7.99. The van der Waals surface area contributed by atoms with E-state index in [1.807, 2.05) is 0 Å². The third kappa shape index (κ3) is 6.62. The number of nitro groups is 1. The van der Waals surface area contributed by atoms with E-state index >= 15 is 0 Å². The Hall–Kier alpha value is -4.23. The van der Waals surface area contributed by atoms with Crippen LogP contribution < -0.4 is 5.32 Å². The number of carbonyl (C=O) groups excluding carboxylic acids is 2. The Morgan fingerprint density at radius 3 is 2.44 bits per heavy atom. The lowest BCUT2D eigenvalue weighted by Gasteiger charge is -2.13. The summed E-state index contributed by atoms with van der Waals surface area (Å²) in [4.78, 5) is 35.7. The highest BCUT2D eigenvalue weighted by Gasteiger charge is 2.31. The fourth-order valence-electron chi connectivity index (χ4n) is 3.48. The Bertz CT molecular complexity index is 1550. The standard InChI is InChI=1S/C25H17ClF3N5O4S/c26-19-10-9-16(11-20(19)34(37)38)23(36)30-13-22-31-32-24(39-14-21(35)15-5-2-1-3-6-15)33(22)18-8-4-7-17(12-18)25(27,28)29/h1-12H,13-14H2,(H,30,36). The smallest absolute Gasteiger partial charge is 0.345 e. The summed E-state index contributed by atoms with van der Waals surface area (Å²) in [6.45, 7) is -0.286. The number of nitrogens with one attached hydrogen (secondary N) is 1. The zero-order valence-corrected chi connectivity index (χ0v) is 21.3. The van der Waals surface area contributed by atoms with Crippen LogP contribution in [0, 0.1) is 10.1 Å². The van der Waals surface area contributed by atoms with Crippen LogP contribution in [-0.4, -0.2) is 37.1 Å². The van der Waals surface area contributed by atoms with Gasteiger partial charge in [0.15, 0.2) is 16.8 Å². The largest absolute Gasteiger partial charge is 0.416 e. The molecule has 200 valence electrons. The predicted molar refractivity (Wildman–Crippen MR) is 137 cm³/mol. The summed E-state index contributed by atoms with van der Waals surface area (Å²) in [5.41, 5.74) is -0.901. The highest BCUT2D eigenvalue weighted by Crippen LogP contribution is 2.32. The molecule has 1 amide bonds. The molecule has 1 N–H and O–H groups in total. The summed E-state index contributed by atoms with van der Waals surface area (Å²) in [5.74, 6) is -0.928. The number of aromatic nitrogens is 3. The van der Waals surface area contributed by atoms with Gasteiger partial charge >= 0.3 is 6.18 Å². The first-order chi connectivity index (χ1) is 18.5. The first kappa shape index (κ1) is 27.8. The molecule has 9 nitrogen and oxygen atoms in total. The van der Waals surface area contributed by atoms with Crippen molar-refractivity contribution in [1.82, 2.24) is 20.1 Å². The second-order valence-electron chi connectivity index (χ2n) is 7.97.